The monoisotopic (exact) mass is 312 g/mol. The minimum Gasteiger partial charge on any atom is -0.306 e. The zero-order valence-corrected chi connectivity index (χ0v) is 10.7. The number of carbonyl (C=O) groups is 1. The van der Waals surface area contributed by atoms with E-state index >= 15 is 0 Å². The Morgan fingerprint density at radius 2 is 2.06 bits per heavy atom. The summed E-state index contributed by atoms with van der Waals surface area (Å²) < 4.78 is 0.589. The maximum atomic E-state index is 11.8. The molecular formula is C10H6BrClN4O. The van der Waals surface area contributed by atoms with Gasteiger partial charge in [0.05, 0.1) is 0 Å². The fourth-order valence-electron chi connectivity index (χ4n) is 1.14. The first-order chi connectivity index (χ1) is 8.15. The normalized spacial score (nSPS) is 10.0. The minimum atomic E-state index is -0.289. The van der Waals surface area contributed by atoms with Gasteiger partial charge in [-0.2, -0.15) is 0 Å². The first-order valence-corrected chi connectivity index (χ1v) is 5.74. The van der Waals surface area contributed by atoms with Gasteiger partial charge in [0.15, 0.2) is 0 Å². The number of hydrogen-bond acceptors (Lipinski definition) is 4. The van der Waals surface area contributed by atoms with Gasteiger partial charge in [-0.1, -0.05) is 0 Å². The number of rotatable bonds is 2. The van der Waals surface area contributed by atoms with Crippen LogP contribution in [-0.2, 0) is 0 Å². The summed E-state index contributed by atoms with van der Waals surface area (Å²) in [4.78, 5) is 23.3. The predicted molar refractivity (Wildman–Crippen MR) is 66.9 cm³/mol. The maximum Gasteiger partial charge on any atom is 0.256 e. The van der Waals surface area contributed by atoms with Crippen molar-refractivity contribution in [2.24, 2.45) is 0 Å². The van der Waals surface area contributed by atoms with E-state index in [1.54, 1.807) is 18.2 Å². The third-order valence-electron chi connectivity index (χ3n) is 1.86. The van der Waals surface area contributed by atoms with Gasteiger partial charge in [0.1, 0.15) is 10.4 Å². The number of anilines is 1. The third kappa shape index (κ3) is 3.21. The molecule has 0 saturated carbocycles. The lowest BCUT2D eigenvalue weighted by Gasteiger charge is -2.04. The highest BCUT2D eigenvalue weighted by molar-refractivity contribution is 9.10. The molecule has 0 spiro atoms. The van der Waals surface area contributed by atoms with Crippen LogP contribution in [0.4, 0.5) is 5.82 Å². The Labute approximate surface area is 110 Å². The van der Waals surface area contributed by atoms with E-state index in [9.17, 15) is 4.79 Å². The number of aromatic nitrogens is 3. The zero-order chi connectivity index (χ0) is 12.3. The van der Waals surface area contributed by atoms with E-state index in [0.717, 1.165) is 0 Å². The molecule has 0 radical (unpaired) electrons. The highest BCUT2D eigenvalue weighted by Gasteiger charge is 2.07. The largest absolute Gasteiger partial charge is 0.306 e. The van der Waals surface area contributed by atoms with E-state index in [1.807, 2.05) is 0 Å². The molecule has 0 atom stereocenters. The second kappa shape index (κ2) is 5.20. The van der Waals surface area contributed by atoms with Crippen molar-refractivity contribution in [3.8, 4) is 0 Å². The first kappa shape index (κ1) is 11.9. The Bertz CT molecular complexity index is 564. The molecule has 0 aliphatic carbocycles. The van der Waals surface area contributed by atoms with Gasteiger partial charge in [0, 0.05) is 18.0 Å². The van der Waals surface area contributed by atoms with E-state index in [0.29, 0.717) is 16.0 Å². The quantitative estimate of drug-likeness (QED) is 0.683. The summed E-state index contributed by atoms with van der Waals surface area (Å²) in [7, 11) is 0. The number of carbonyl (C=O) groups excluding carboxylic acids is 1. The number of amides is 1. The van der Waals surface area contributed by atoms with Gasteiger partial charge < -0.3 is 5.32 Å². The summed E-state index contributed by atoms with van der Waals surface area (Å²) in [5.41, 5.74) is 0.474. The molecule has 2 aromatic heterocycles. The molecule has 7 heteroatoms. The molecule has 86 valence electrons. The molecule has 0 unspecified atom stereocenters. The molecule has 0 fully saturated rings. The number of halogens is 2. The van der Waals surface area contributed by atoms with Crippen molar-refractivity contribution in [1.82, 2.24) is 15.0 Å². The van der Waals surface area contributed by atoms with Crippen molar-refractivity contribution in [3.63, 3.8) is 0 Å². The standard InChI is InChI=1S/C10H6BrClN4O/c11-7-5-6(1-3-13-7)9(17)15-8-2-4-14-10(12)16-8/h1-5H,(H,14,15,16,17). The second-order valence-electron chi connectivity index (χ2n) is 3.03. The van der Waals surface area contributed by atoms with Crippen LogP contribution in [0.25, 0.3) is 0 Å². The van der Waals surface area contributed by atoms with Gasteiger partial charge in [-0.15, -0.1) is 0 Å². The highest BCUT2D eigenvalue weighted by atomic mass is 79.9. The molecule has 0 saturated heterocycles. The summed E-state index contributed by atoms with van der Waals surface area (Å²) in [5.74, 6) is 0.0609. The number of nitrogens with one attached hydrogen (secondary N) is 1. The van der Waals surface area contributed by atoms with Gasteiger partial charge in [-0.05, 0) is 45.7 Å². The van der Waals surface area contributed by atoms with Gasteiger partial charge in [0.2, 0.25) is 5.28 Å². The summed E-state index contributed by atoms with van der Waals surface area (Å²) in [6.45, 7) is 0. The minimum absolute atomic E-state index is 0.0821. The molecular weight excluding hydrogens is 307 g/mol. The van der Waals surface area contributed by atoms with Crippen LogP contribution in [0, 0.1) is 0 Å². The van der Waals surface area contributed by atoms with Crippen molar-refractivity contribution < 1.29 is 4.79 Å². The van der Waals surface area contributed by atoms with Gasteiger partial charge in [-0.25, -0.2) is 15.0 Å². The second-order valence-corrected chi connectivity index (χ2v) is 4.18. The average molecular weight is 314 g/mol. The molecule has 1 amide bonds. The summed E-state index contributed by atoms with van der Waals surface area (Å²) in [6.07, 6.45) is 3.00. The number of pyridine rings is 1. The van der Waals surface area contributed by atoms with Crippen LogP contribution in [0.3, 0.4) is 0 Å². The molecule has 0 bridgehead atoms. The predicted octanol–water partition coefficient (Wildman–Crippen LogP) is 2.54. The lowest BCUT2D eigenvalue weighted by molar-refractivity contribution is 0.102. The highest BCUT2D eigenvalue weighted by Crippen LogP contribution is 2.11. The van der Waals surface area contributed by atoms with Crippen LogP contribution >= 0.6 is 27.5 Å². The van der Waals surface area contributed by atoms with Crippen LogP contribution in [-0.4, -0.2) is 20.9 Å². The van der Waals surface area contributed by atoms with E-state index in [2.05, 4.69) is 36.2 Å². The SMILES string of the molecule is O=C(Nc1ccnc(Cl)n1)c1ccnc(Br)c1. The smallest absolute Gasteiger partial charge is 0.256 e. The van der Waals surface area contributed by atoms with Gasteiger partial charge >= 0.3 is 0 Å². The molecule has 2 heterocycles. The fourth-order valence-corrected chi connectivity index (χ4v) is 1.65. The van der Waals surface area contributed by atoms with Crippen LogP contribution in [0.15, 0.2) is 35.2 Å². The lowest BCUT2D eigenvalue weighted by Crippen LogP contribution is -2.13. The van der Waals surface area contributed by atoms with Crippen molar-refractivity contribution in [3.05, 3.63) is 46.0 Å². The van der Waals surface area contributed by atoms with Crippen molar-refractivity contribution in [2.75, 3.05) is 5.32 Å². The maximum absolute atomic E-state index is 11.8. The Morgan fingerprint density at radius 3 is 2.76 bits per heavy atom. The van der Waals surface area contributed by atoms with Crippen molar-refractivity contribution >= 4 is 39.3 Å². The summed E-state index contributed by atoms with van der Waals surface area (Å²) in [6, 6.07) is 4.76. The molecule has 0 aromatic carbocycles. The Morgan fingerprint density at radius 1 is 1.29 bits per heavy atom. The van der Waals surface area contributed by atoms with E-state index < -0.39 is 0 Å². The molecule has 2 aromatic rings. The Kier molecular flexibility index (Phi) is 3.65. The fraction of sp³-hybridized carbons (Fsp3) is 0. The number of nitrogens with zero attached hydrogens (tertiary/aromatic N) is 3. The van der Waals surface area contributed by atoms with E-state index in [1.165, 1.54) is 12.4 Å². The van der Waals surface area contributed by atoms with Crippen molar-refractivity contribution in [2.45, 2.75) is 0 Å². The van der Waals surface area contributed by atoms with Crippen LogP contribution in [0.5, 0.6) is 0 Å². The lowest BCUT2D eigenvalue weighted by atomic mass is 10.2. The van der Waals surface area contributed by atoms with Crippen molar-refractivity contribution in [1.29, 1.82) is 0 Å². The summed E-state index contributed by atoms with van der Waals surface area (Å²) >= 11 is 8.80. The molecule has 0 aliphatic heterocycles. The zero-order valence-electron chi connectivity index (χ0n) is 8.39. The molecule has 17 heavy (non-hydrogen) atoms. The topological polar surface area (TPSA) is 67.8 Å². The molecule has 0 aliphatic rings. The molecule has 1 N–H and O–H groups in total. The third-order valence-corrected chi connectivity index (χ3v) is 2.47. The van der Waals surface area contributed by atoms with Crippen LogP contribution in [0.2, 0.25) is 5.28 Å². The van der Waals surface area contributed by atoms with Crippen LogP contribution in [0.1, 0.15) is 10.4 Å². The first-order valence-electron chi connectivity index (χ1n) is 4.56. The van der Waals surface area contributed by atoms with Gasteiger partial charge in [0.25, 0.3) is 5.91 Å². The van der Waals surface area contributed by atoms with Gasteiger partial charge in [-0.3, -0.25) is 4.79 Å². The number of hydrogen-bond donors (Lipinski definition) is 1. The Balaban J connectivity index is 2.17. The summed E-state index contributed by atoms with van der Waals surface area (Å²) in [5, 5.41) is 2.69. The Hall–Kier alpha value is -1.53. The molecule has 2 rings (SSSR count). The average Bonchev–Trinajstić information content (AvgIpc) is 2.29. The van der Waals surface area contributed by atoms with E-state index in [4.69, 9.17) is 11.6 Å². The molecule has 5 nitrogen and oxygen atoms in total. The van der Waals surface area contributed by atoms with Crippen LogP contribution < -0.4 is 5.32 Å². The van der Waals surface area contributed by atoms with E-state index in [-0.39, 0.29) is 11.2 Å².